The van der Waals surface area contributed by atoms with Gasteiger partial charge in [0.25, 0.3) is 0 Å². The molecule has 0 bridgehead atoms. The molecular weight excluding hydrogens is 595 g/mol. The lowest BCUT2D eigenvalue weighted by molar-refractivity contribution is 0.00598. The highest BCUT2D eigenvalue weighted by atomic mass is 32.2. The van der Waals surface area contributed by atoms with Crippen LogP contribution in [0.15, 0.2) is 35.4 Å². The normalized spacial score (nSPS) is 14.4. The van der Waals surface area contributed by atoms with E-state index in [-0.39, 0.29) is 13.2 Å². The molecule has 0 fully saturated rings. The van der Waals surface area contributed by atoms with Crippen molar-refractivity contribution in [2.45, 2.75) is 129 Å². The van der Waals surface area contributed by atoms with Crippen LogP contribution in [0.1, 0.15) is 122 Å². The largest absolute Gasteiger partial charge is 0.447 e. The summed E-state index contributed by atoms with van der Waals surface area (Å²) in [7, 11) is -0.632. The van der Waals surface area contributed by atoms with E-state index < -0.39 is 20.8 Å². The summed E-state index contributed by atoms with van der Waals surface area (Å²) < 4.78 is 21.7. The van der Waals surface area contributed by atoms with Gasteiger partial charge in [0, 0.05) is 26.4 Å². The van der Waals surface area contributed by atoms with Gasteiger partial charge in [-0.2, -0.15) is 0 Å². The Morgan fingerprint density at radius 2 is 1.57 bits per heavy atom. The third kappa shape index (κ3) is 19.8. The number of thioether (sulfide) groups is 1. The third-order valence-electron chi connectivity index (χ3n) is 7.69. The highest BCUT2D eigenvalue weighted by Gasteiger charge is 2.17. The molecule has 1 aromatic carbocycles. The summed E-state index contributed by atoms with van der Waals surface area (Å²) in [6.45, 7) is 5.83. The fraction of sp³-hybridized carbons (Fsp3) is 0.735. The maximum absolute atomic E-state index is 12.1. The number of benzene rings is 1. The van der Waals surface area contributed by atoms with Crippen molar-refractivity contribution in [3.05, 3.63) is 40.9 Å². The second kappa shape index (κ2) is 25.7. The van der Waals surface area contributed by atoms with Gasteiger partial charge < -0.3 is 29.1 Å². The van der Waals surface area contributed by atoms with Gasteiger partial charge in [0.2, 0.25) is 0 Å². The smallest absolute Gasteiger partial charge is 0.407 e. The Balaban J connectivity index is 1.42. The van der Waals surface area contributed by atoms with E-state index in [0.717, 1.165) is 30.8 Å². The molecule has 0 saturated carbocycles. The Morgan fingerprint density at radius 1 is 0.955 bits per heavy atom. The summed E-state index contributed by atoms with van der Waals surface area (Å²) in [5, 5.41) is 2.81. The second-order valence-corrected chi connectivity index (χ2v) is 13.8. The van der Waals surface area contributed by atoms with Crippen LogP contribution in [0.4, 0.5) is 4.79 Å². The van der Waals surface area contributed by atoms with E-state index in [4.69, 9.17) is 18.5 Å². The van der Waals surface area contributed by atoms with Crippen molar-refractivity contribution < 1.29 is 28.2 Å². The zero-order valence-corrected chi connectivity index (χ0v) is 29.3. The summed E-state index contributed by atoms with van der Waals surface area (Å²) in [4.78, 5) is 25.9. The molecule has 1 heterocycles. The molecule has 0 radical (unpaired) electrons. The molecule has 1 amide bonds. The summed E-state index contributed by atoms with van der Waals surface area (Å²) >= 11 is 1.82. The number of hydrogen-bond donors (Lipinski definition) is 2. The first-order chi connectivity index (χ1) is 21.5. The number of unbranched alkanes of at least 4 members (excludes halogenated alkanes) is 15. The van der Waals surface area contributed by atoms with E-state index >= 15 is 0 Å². The molecule has 0 aromatic heterocycles. The van der Waals surface area contributed by atoms with Crippen molar-refractivity contribution in [3.8, 4) is 5.75 Å². The molecule has 252 valence electrons. The number of carbonyl (C=O) groups is 1. The molecule has 2 N–H and O–H groups in total. The standard InChI is InChI=1S/C34H59N2O6PS/c1-4-5-6-7-8-9-10-11-12-13-14-15-16-17-18-19-23-35-34(37)40-27-33(39-3)28-41-43(38)42-32-22-20-21-31(24-32)26-36-25-30(2)44-29-36/h20-22,24-25,33,38H,4-19,23,26-29H2,1-3H3,(H,35,37). The van der Waals surface area contributed by atoms with Gasteiger partial charge in [0.05, 0.1) is 12.5 Å². The lowest BCUT2D eigenvalue weighted by Crippen LogP contribution is -2.31. The summed E-state index contributed by atoms with van der Waals surface area (Å²) in [6.07, 6.45) is 22.4. The lowest BCUT2D eigenvalue weighted by Gasteiger charge is -2.18. The fourth-order valence-electron chi connectivity index (χ4n) is 5.07. The van der Waals surface area contributed by atoms with Gasteiger partial charge >= 0.3 is 14.7 Å². The van der Waals surface area contributed by atoms with Crippen LogP contribution >= 0.6 is 20.4 Å². The summed E-state index contributed by atoms with van der Waals surface area (Å²) in [6, 6.07) is 7.63. The number of nitrogens with one attached hydrogen (secondary N) is 1. The first-order valence-corrected chi connectivity index (χ1v) is 19.0. The van der Waals surface area contributed by atoms with Gasteiger partial charge in [-0.25, -0.2) is 4.79 Å². The van der Waals surface area contributed by atoms with Crippen molar-refractivity contribution in [1.29, 1.82) is 0 Å². The third-order valence-corrected chi connectivity index (χ3v) is 9.45. The molecule has 0 aliphatic carbocycles. The molecule has 2 unspecified atom stereocenters. The summed E-state index contributed by atoms with van der Waals surface area (Å²) in [5.74, 6) is 1.48. The molecule has 8 nitrogen and oxygen atoms in total. The average molecular weight is 655 g/mol. The average Bonchev–Trinajstić information content (AvgIpc) is 3.43. The second-order valence-electron chi connectivity index (χ2n) is 11.7. The number of methoxy groups -OCH3 is 1. The SMILES string of the molecule is CCCCCCCCCCCCCCCCCCNC(=O)OCC(COP(O)Oc1cccc(CN2C=C(C)SC2)c1)OC. The minimum absolute atomic E-state index is 0.0285. The van der Waals surface area contributed by atoms with E-state index in [0.29, 0.717) is 12.3 Å². The maximum atomic E-state index is 12.1. The molecule has 0 saturated heterocycles. The van der Waals surface area contributed by atoms with Crippen LogP contribution in [-0.2, 0) is 20.5 Å². The highest BCUT2D eigenvalue weighted by Crippen LogP contribution is 2.36. The van der Waals surface area contributed by atoms with Crippen molar-refractivity contribution >= 4 is 26.5 Å². The van der Waals surface area contributed by atoms with Gasteiger partial charge in [-0.1, -0.05) is 115 Å². The Hall–Kier alpha value is -1.51. The molecule has 0 spiro atoms. The molecule has 1 aromatic rings. The van der Waals surface area contributed by atoms with Crippen molar-refractivity contribution in [2.75, 3.05) is 32.7 Å². The Morgan fingerprint density at radius 3 is 2.14 bits per heavy atom. The van der Waals surface area contributed by atoms with E-state index in [2.05, 4.69) is 30.3 Å². The van der Waals surface area contributed by atoms with Crippen molar-refractivity contribution in [1.82, 2.24) is 10.2 Å². The first-order valence-electron chi connectivity index (χ1n) is 16.9. The minimum atomic E-state index is -2.15. The van der Waals surface area contributed by atoms with Gasteiger partial charge in [-0.05, 0) is 35.9 Å². The van der Waals surface area contributed by atoms with Crippen molar-refractivity contribution in [2.24, 2.45) is 0 Å². The van der Waals surface area contributed by atoms with Gasteiger partial charge in [-0.3, -0.25) is 4.52 Å². The summed E-state index contributed by atoms with van der Waals surface area (Å²) in [5.41, 5.74) is 1.09. The Labute approximate surface area is 273 Å². The zero-order chi connectivity index (χ0) is 31.7. The number of rotatable bonds is 27. The van der Waals surface area contributed by atoms with Crippen LogP contribution < -0.4 is 9.84 Å². The monoisotopic (exact) mass is 654 g/mol. The fourth-order valence-corrected chi connectivity index (χ4v) is 6.47. The van der Waals surface area contributed by atoms with Crippen LogP contribution in [-0.4, -0.2) is 54.7 Å². The first kappa shape index (κ1) is 38.7. The van der Waals surface area contributed by atoms with Gasteiger partial charge in [0.15, 0.2) is 0 Å². The highest BCUT2D eigenvalue weighted by molar-refractivity contribution is 8.03. The molecule has 2 rings (SSSR count). The number of alkyl carbamates (subject to hydrolysis) is 1. The Kier molecular flexibility index (Phi) is 22.5. The van der Waals surface area contributed by atoms with E-state index in [1.54, 1.807) is 6.07 Å². The minimum Gasteiger partial charge on any atom is -0.447 e. The lowest BCUT2D eigenvalue weighted by atomic mass is 10.0. The molecule has 2 atom stereocenters. The van der Waals surface area contributed by atoms with Crippen LogP contribution in [0.3, 0.4) is 0 Å². The van der Waals surface area contributed by atoms with Crippen LogP contribution in [0.2, 0.25) is 0 Å². The van der Waals surface area contributed by atoms with Crippen molar-refractivity contribution in [3.63, 3.8) is 0 Å². The van der Waals surface area contributed by atoms with E-state index in [1.807, 2.05) is 30.0 Å². The van der Waals surface area contributed by atoms with Gasteiger partial charge in [-0.15, -0.1) is 11.8 Å². The number of hydrogen-bond acceptors (Lipinski definition) is 8. The topological polar surface area (TPSA) is 89.5 Å². The number of ether oxygens (including phenoxy) is 2. The molecule has 44 heavy (non-hydrogen) atoms. The van der Waals surface area contributed by atoms with E-state index in [9.17, 15) is 9.69 Å². The predicted octanol–water partition coefficient (Wildman–Crippen LogP) is 9.67. The Bertz CT molecular complexity index is 908. The predicted molar refractivity (Wildman–Crippen MR) is 184 cm³/mol. The quantitative estimate of drug-likeness (QED) is 0.0716. The van der Waals surface area contributed by atoms with Crippen LogP contribution in [0.25, 0.3) is 0 Å². The molecule has 1 aliphatic heterocycles. The van der Waals surface area contributed by atoms with E-state index in [1.165, 1.54) is 102 Å². The molecular formula is C34H59N2O6PS. The molecule has 10 heteroatoms. The zero-order valence-electron chi connectivity index (χ0n) is 27.6. The van der Waals surface area contributed by atoms with Crippen LogP contribution in [0, 0.1) is 0 Å². The molecule has 1 aliphatic rings. The van der Waals surface area contributed by atoms with Gasteiger partial charge in [0.1, 0.15) is 18.5 Å². The maximum Gasteiger partial charge on any atom is 0.407 e. The number of carbonyl (C=O) groups excluding carboxylic acids is 1. The van der Waals surface area contributed by atoms with Crippen LogP contribution in [0.5, 0.6) is 5.75 Å². The number of allylic oxidation sites excluding steroid dienone is 1. The number of amides is 1. The number of nitrogens with zero attached hydrogens (tertiary/aromatic N) is 1.